The second-order valence-electron chi connectivity index (χ2n) is 13.7. The van der Waals surface area contributed by atoms with Gasteiger partial charge in [0, 0.05) is 65.7 Å². The molecule has 0 atom stereocenters. The third kappa shape index (κ3) is 11.2. The molecule has 0 saturated carbocycles. The predicted molar refractivity (Wildman–Crippen MR) is 224 cm³/mol. The summed E-state index contributed by atoms with van der Waals surface area (Å²) >= 11 is 7.80. The standard InChI is InChI=1S/C26H33F2N3O4.C17H15ClN4S/c1-20(32)30-8-11-34-13-15-35-14-12-33-10-7-29-18-22-16-24(28)17-26-25(22)6-9-31(26)19-21-2-4-23(27)5-3-21;1-9-10(2)23-17-15(9)16(12-4-6-13(18)7-5-12)19-8-14-21-20-11(3)22(14)17/h2-6,9,16-17,29H,7-8,10-15,18-19H2,1H3,(H,30,32);4-7H,8H2,1-3H3. The highest BCUT2D eigenvalue weighted by atomic mass is 35.5. The van der Waals surface area contributed by atoms with Crippen molar-refractivity contribution in [2.45, 2.75) is 47.3 Å². The quantitative estimate of drug-likeness (QED) is 0.0915. The molecule has 1 amide bonds. The van der Waals surface area contributed by atoms with Gasteiger partial charge in [0.25, 0.3) is 0 Å². The van der Waals surface area contributed by atoms with Crippen LogP contribution in [0, 0.1) is 32.4 Å². The minimum Gasteiger partial charge on any atom is -0.378 e. The third-order valence-electron chi connectivity index (χ3n) is 9.50. The molecule has 15 heteroatoms. The summed E-state index contributed by atoms with van der Waals surface area (Å²) in [5.74, 6) is 1.14. The topological polar surface area (TPSA) is 117 Å². The molecule has 0 unspecified atom stereocenters. The van der Waals surface area contributed by atoms with Crippen molar-refractivity contribution in [2.75, 3.05) is 52.7 Å². The Morgan fingerprint density at radius 2 is 1.55 bits per heavy atom. The first-order valence-corrected chi connectivity index (χ1v) is 20.3. The number of halogens is 3. The molecule has 0 aliphatic carbocycles. The number of benzene rings is 3. The van der Waals surface area contributed by atoms with Crippen LogP contribution in [0.2, 0.25) is 5.02 Å². The van der Waals surface area contributed by atoms with E-state index in [2.05, 4.69) is 39.2 Å². The van der Waals surface area contributed by atoms with E-state index in [4.69, 9.17) is 30.8 Å². The first kappa shape index (κ1) is 42.8. The van der Waals surface area contributed by atoms with Crippen molar-refractivity contribution in [1.29, 1.82) is 0 Å². The van der Waals surface area contributed by atoms with E-state index in [9.17, 15) is 13.6 Å². The molecule has 306 valence electrons. The van der Waals surface area contributed by atoms with Gasteiger partial charge in [0.15, 0.2) is 5.82 Å². The van der Waals surface area contributed by atoms with Gasteiger partial charge in [-0.05, 0) is 79.9 Å². The van der Waals surface area contributed by atoms with Crippen LogP contribution in [0.3, 0.4) is 0 Å². The fourth-order valence-corrected chi connectivity index (χ4v) is 7.85. The maximum atomic E-state index is 14.3. The zero-order valence-electron chi connectivity index (χ0n) is 33.1. The van der Waals surface area contributed by atoms with E-state index in [0.717, 1.165) is 55.0 Å². The Hall–Kier alpha value is -4.83. The number of aliphatic imine (C=N–C) groups is 1. The smallest absolute Gasteiger partial charge is 0.216 e. The average molecular weight is 832 g/mol. The SMILES string of the molecule is CC(=O)NCCOCCOCCOCCNCc1cc(F)cc2c1ccn2Cc1ccc(F)cc1.Cc1sc2c(c1C)C(c1ccc(Cl)cc1)=NCc1nnc(C)n1-2. The van der Waals surface area contributed by atoms with Crippen molar-refractivity contribution in [3.05, 3.63) is 134 Å². The number of aromatic nitrogens is 4. The molecular formula is C43H48ClF2N7O4S. The van der Waals surface area contributed by atoms with Crippen LogP contribution in [0.4, 0.5) is 8.78 Å². The van der Waals surface area contributed by atoms with Crippen LogP contribution < -0.4 is 10.6 Å². The van der Waals surface area contributed by atoms with Crippen molar-refractivity contribution in [1.82, 2.24) is 30.0 Å². The Kier molecular flexibility index (Phi) is 15.3. The van der Waals surface area contributed by atoms with Crippen molar-refractivity contribution in [3.8, 4) is 5.00 Å². The van der Waals surface area contributed by atoms with Gasteiger partial charge in [0.05, 0.1) is 50.9 Å². The number of rotatable bonds is 17. The average Bonchev–Trinajstić information content (AvgIpc) is 3.83. The minimum absolute atomic E-state index is 0.0710. The summed E-state index contributed by atoms with van der Waals surface area (Å²) in [4.78, 5) is 16.9. The number of hydrogen-bond donors (Lipinski definition) is 2. The molecule has 4 heterocycles. The summed E-state index contributed by atoms with van der Waals surface area (Å²) in [6.07, 6.45) is 1.92. The molecule has 2 N–H and O–H groups in total. The minimum atomic E-state index is -0.291. The van der Waals surface area contributed by atoms with Gasteiger partial charge in [-0.3, -0.25) is 14.4 Å². The summed E-state index contributed by atoms with van der Waals surface area (Å²) in [5, 5.41) is 17.3. The lowest BCUT2D eigenvalue weighted by Gasteiger charge is -2.10. The largest absolute Gasteiger partial charge is 0.378 e. The van der Waals surface area contributed by atoms with Gasteiger partial charge in [-0.1, -0.05) is 35.9 Å². The van der Waals surface area contributed by atoms with E-state index in [1.165, 1.54) is 41.1 Å². The van der Waals surface area contributed by atoms with Gasteiger partial charge in [-0.15, -0.1) is 21.5 Å². The summed E-state index contributed by atoms with van der Waals surface area (Å²) < 4.78 is 47.9. The van der Waals surface area contributed by atoms with E-state index >= 15 is 0 Å². The Bertz CT molecular complexity index is 2320. The number of nitrogens with one attached hydrogen (secondary N) is 2. The number of carbonyl (C=O) groups excluding carboxylic acids is 1. The summed E-state index contributed by atoms with van der Waals surface area (Å²) in [6, 6.07) is 19.2. The molecule has 0 bridgehead atoms. The van der Waals surface area contributed by atoms with Crippen LogP contribution in [0.15, 0.2) is 77.9 Å². The molecule has 0 saturated heterocycles. The molecule has 6 aromatic rings. The monoisotopic (exact) mass is 831 g/mol. The fraction of sp³-hybridized carbons (Fsp3) is 0.349. The van der Waals surface area contributed by atoms with Gasteiger partial charge in [-0.25, -0.2) is 8.78 Å². The maximum absolute atomic E-state index is 14.3. The second kappa shape index (κ2) is 20.7. The molecule has 1 aliphatic heterocycles. The zero-order chi connectivity index (χ0) is 41.0. The third-order valence-corrected chi connectivity index (χ3v) is 10.9. The Labute approximate surface area is 346 Å². The van der Waals surface area contributed by atoms with Gasteiger partial charge in [0.1, 0.15) is 29.0 Å². The molecule has 0 radical (unpaired) electrons. The lowest BCUT2D eigenvalue weighted by Crippen LogP contribution is -2.25. The van der Waals surface area contributed by atoms with Crippen LogP contribution in [-0.4, -0.2) is 83.7 Å². The molecule has 3 aromatic heterocycles. The van der Waals surface area contributed by atoms with E-state index in [1.54, 1.807) is 29.5 Å². The number of fused-ring (bicyclic) bond motifs is 4. The first-order chi connectivity index (χ1) is 28.1. The van der Waals surface area contributed by atoms with E-state index < -0.39 is 0 Å². The van der Waals surface area contributed by atoms with Gasteiger partial charge < -0.3 is 29.4 Å². The molecule has 58 heavy (non-hydrogen) atoms. The second-order valence-corrected chi connectivity index (χ2v) is 15.3. The predicted octanol–water partition coefficient (Wildman–Crippen LogP) is 7.50. The highest BCUT2D eigenvalue weighted by Gasteiger charge is 2.26. The van der Waals surface area contributed by atoms with Crippen LogP contribution in [0.1, 0.15) is 51.3 Å². The Balaban J connectivity index is 0.000000212. The van der Waals surface area contributed by atoms with Crippen LogP contribution in [0.5, 0.6) is 0 Å². The number of ether oxygens (including phenoxy) is 3. The summed E-state index contributed by atoms with van der Waals surface area (Å²) in [6.45, 7) is 13.3. The lowest BCUT2D eigenvalue weighted by molar-refractivity contribution is -0.119. The maximum Gasteiger partial charge on any atom is 0.216 e. The Morgan fingerprint density at radius 1 is 0.862 bits per heavy atom. The zero-order valence-corrected chi connectivity index (χ0v) is 34.7. The van der Waals surface area contributed by atoms with Crippen LogP contribution in [0.25, 0.3) is 15.9 Å². The van der Waals surface area contributed by atoms with Gasteiger partial charge in [0.2, 0.25) is 5.91 Å². The molecular weight excluding hydrogens is 784 g/mol. The number of nitrogens with zero attached hydrogens (tertiary/aromatic N) is 5. The van der Waals surface area contributed by atoms with Gasteiger partial charge >= 0.3 is 0 Å². The molecule has 0 spiro atoms. The molecule has 1 aliphatic rings. The van der Waals surface area contributed by atoms with Crippen molar-refractivity contribution >= 4 is 45.5 Å². The molecule has 0 fully saturated rings. The number of carbonyl (C=O) groups is 1. The van der Waals surface area contributed by atoms with Crippen LogP contribution in [-0.2, 0) is 38.6 Å². The normalized spacial score (nSPS) is 12.1. The fourth-order valence-electron chi connectivity index (χ4n) is 6.50. The molecule has 3 aromatic carbocycles. The Morgan fingerprint density at radius 3 is 2.26 bits per heavy atom. The lowest BCUT2D eigenvalue weighted by atomic mass is 10.00. The highest BCUT2D eigenvalue weighted by molar-refractivity contribution is 7.15. The van der Waals surface area contributed by atoms with Crippen LogP contribution >= 0.6 is 22.9 Å². The summed E-state index contributed by atoms with van der Waals surface area (Å²) in [7, 11) is 0. The summed E-state index contributed by atoms with van der Waals surface area (Å²) in [5.41, 5.74) is 7.15. The number of amides is 1. The highest BCUT2D eigenvalue weighted by Crippen LogP contribution is 2.36. The van der Waals surface area contributed by atoms with E-state index in [1.807, 2.05) is 48.0 Å². The number of thiophene rings is 1. The number of aryl methyl sites for hydroxylation is 2. The van der Waals surface area contributed by atoms with Crippen molar-refractivity contribution < 1.29 is 27.8 Å². The number of hydrogen-bond acceptors (Lipinski definition) is 9. The molecule has 7 rings (SSSR count). The van der Waals surface area contributed by atoms with Gasteiger partial charge in [-0.2, -0.15) is 0 Å². The van der Waals surface area contributed by atoms with E-state index in [0.29, 0.717) is 72.4 Å². The first-order valence-electron chi connectivity index (χ1n) is 19.1. The molecule has 11 nitrogen and oxygen atoms in total. The van der Waals surface area contributed by atoms with Crippen molar-refractivity contribution in [2.24, 2.45) is 4.99 Å². The van der Waals surface area contributed by atoms with Crippen molar-refractivity contribution in [3.63, 3.8) is 0 Å². The van der Waals surface area contributed by atoms with E-state index in [-0.39, 0.29) is 17.5 Å².